The molecule has 0 radical (unpaired) electrons. The van der Waals surface area contributed by atoms with Gasteiger partial charge in [-0.15, -0.1) is 0 Å². The van der Waals surface area contributed by atoms with Crippen LogP contribution in [0.25, 0.3) is 0 Å². The van der Waals surface area contributed by atoms with Crippen molar-refractivity contribution in [2.24, 2.45) is 11.1 Å². The smallest absolute Gasteiger partial charge is 0.135 e. The molecular weight excluding hydrogens is 210 g/mol. The molecule has 0 saturated heterocycles. The molecule has 1 atom stereocenters. The number of nitrogens with two attached hydrogens (primary N) is 1. The largest absolute Gasteiger partial charge is 0.327 e. The van der Waals surface area contributed by atoms with Crippen LogP contribution < -0.4 is 5.73 Å². The van der Waals surface area contributed by atoms with Crippen molar-refractivity contribution in [3.05, 3.63) is 35.4 Å². The summed E-state index contributed by atoms with van der Waals surface area (Å²) in [5.41, 5.74) is 8.29. The average molecular weight is 233 g/mol. The third-order valence-electron chi connectivity index (χ3n) is 3.34. The van der Waals surface area contributed by atoms with E-state index in [1.807, 2.05) is 13.8 Å². The molecule has 0 aromatic heterocycles. The number of carbonyl (C=O) groups excluding carboxylic acids is 1. The van der Waals surface area contributed by atoms with E-state index >= 15 is 0 Å². The van der Waals surface area contributed by atoms with Crippen molar-refractivity contribution in [3.63, 3.8) is 0 Å². The van der Waals surface area contributed by atoms with E-state index in [9.17, 15) is 4.79 Å². The zero-order valence-electron chi connectivity index (χ0n) is 11.3. The standard InChI is InChI=1S/C15H23NO/c1-11-5-7-13(8-6-11)9-14(16)10-15(3,4)12(2)17/h5-8,14H,9-10,16H2,1-4H3/t14-/m0/s1. The monoisotopic (exact) mass is 233 g/mol. The summed E-state index contributed by atoms with van der Waals surface area (Å²) in [5.74, 6) is 0.205. The van der Waals surface area contributed by atoms with Crippen LogP contribution in [-0.2, 0) is 11.2 Å². The summed E-state index contributed by atoms with van der Waals surface area (Å²) in [5, 5.41) is 0. The molecule has 1 aromatic carbocycles. The van der Waals surface area contributed by atoms with Crippen molar-refractivity contribution in [1.82, 2.24) is 0 Å². The summed E-state index contributed by atoms with van der Waals surface area (Å²) < 4.78 is 0. The van der Waals surface area contributed by atoms with Crippen LogP contribution >= 0.6 is 0 Å². The van der Waals surface area contributed by atoms with Crippen LogP contribution in [0.3, 0.4) is 0 Å². The third-order valence-corrected chi connectivity index (χ3v) is 3.34. The summed E-state index contributed by atoms with van der Waals surface area (Å²) in [6.45, 7) is 7.63. The Morgan fingerprint density at radius 1 is 1.29 bits per heavy atom. The van der Waals surface area contributed by atoms with Gasteiger partial charge in [0, 0.05) is 11.5 Å². The average Bonchev–Trinajstić information content (AvgIpc) is 2.20. The van der Waals surface area contributed by atoms with Gasteiger partial charge in [-0.3, -0.25) is 4.79 Å². The Balaban J connectivity index is 2.58. The minimum Gasteiger partial charge on any atom is -0.327 e. The van der Waals surface area contributed by atoms with Crippen molar-refractivity contribution in [2.45, 2.75) is 46.6 Å². The highest BCUT2D eigenvalue weighted by Gasteiger charge is 2.26. The Kier molecular flexibility index (Phi) is 4.47. The van der Waals surface area contributed by atoms with Gasteiger partial charge in [0.25, 0.3) is 0 Å². The molecule has 94 valence electrons. The summed E-state index contributed by atoms with van der Waals surface area (Å²) in [6, 6.07) is 8.44. The Morgan fingerprint density at radius 2 is 1.82 bits per heavy atom. The molecule has 1 aromatic rings. The molecule has 0 aliphatic heterocycles. The fourth-order valence-electron chi connectivity index (χ4n) is 1.90. The first-order valence-electron chi connectivity index (χ1n) is 6.13. The molecule has 0 bridgehead atoms. The minimum absolute atomic E-state index is 0.0385. The first kappa shape index (κ1) is 13.9. The Labute approximate surface area is 104 Å². The number of carbonyl (C=O) groups is 1. The fraction of sp³-hybridized carbons (Fsp3) is 0.533. The van der Waals surface area contributed by atoms with E-state index in [4.69, 9.17) is 5.73 Å². The summed E-state index contributed by atoms with van der Waals surface area (Å²) >= 11 is 0. The number of aryl methyl sites for hydroxylation is 1. The number of Topliss-reactive ketones (excluding diaryl/α,β-unsaturated/α-hetero) is 1. The van der Waals surface area contributed by atoms with Crippen molar-refractivity contribution in [2.75, 3.05) is 0 Å². The van der Waals surface area contributed by atoms with Crippen molar-refractivity contribution in [3.8, 4) is 0 Å². The maximum atomic E-state index is 11.4. The van der Waals surface area contributed by atoms with E-state index in [1.54, 1.807) is 6.92 Å². The highest BCUT2D eigenvalue weighted by Crippen LogP contribution is 2.24. The van der Waals surface area contributed by atoms with Crippen LogP contribution in [0.1, 0.15) is 38.3 Å². The van der Waals surface area contributed by atoms with Crippen LogP contribution in [-0.4, -0.2) is 11.8 Å². The number of hydrogen-bond acceptors (Lipinski definition) is 2. The van der Waals surface area contributed by atoms with Crippen molar-refractivity contribution >= 4 is 5.78 Å². The molecule has 2 N–H and O–H groups in total. The molecule has 0 heterocycles. The molecule has 0 unspecified atom stereocenters. The van der Waals surface area contributed by atoms with E-state index in [0.717, 1.165) is 12.8 Å². The molecule has 0 aliphatic carbocycles. The summed E-state index contributed by atoms with van der Waals surface area (Å²) in [6.07, 6.45) is 1.56. The topological polar surface area (TPSA) is 43.1 Å². The van der Waals surface area contributed by atoms with Gasteiger partial charge in [0.15, 0.2) is 0 Å². The summed E-state index contributed by atoms with van der Waals surface area (Å²) in [7, 11) is 0. The normalized spacial score (nSPS) is 13.5. The molecule has 0 saturated carbocycles. The molecule has 1 rings (SSSR count). The van der Waals surface area contributed by atoms with Gasteiger partial charge < -0.3 is 5.73 Å². The molecule has 0 amide bonds. The molecule has 0 fully saturated rings. The first-order valence-corrected chi connectivity index (χ1v) is 6.13. The molecule has 0 spiro atoms. The molecule has 2 nitrogen and oxygen atoms in total. The second-order valence-electron chi connectivity index (χ2n) is 5.59. The maximum Gasteiger partial charge on any atom is 0.135 e. The van der Waals surface area contributed by atoms with Gasteiger partial charge >= 0.3 is 0 Å². The van der Waals surface area contributed by atoms with Crippen molar-refractivity contribution in [1.29, 1.82) is 0 Å². The lowest BCUT2D eigenvalue weighted by Crippen LogP contribution is -2.33. The number of rotatable bonds is 5. The van der Waals surface area contributed by atoms with Gasteiger partial charge in [0.2, 0.25) is 0 Å². The first-order chi connectivity index (χ1) is 7.81. The number of hydrogen-bond donors (Lipinski definition) is 1. The van der Waals surface area contributed by atoms with Gasteiger partial charge in [-0.05, 0) is 32.3 Å². The zero-order chi connectivity index (χ0) is 13.1. The molecular formula is C15H23NO. The maximum absolute atomic E-state index is 11.4. The SMILES string of the molecule is CC(=O)C(C)(C)C[C@@H](N)Cc1ccc(C)cc1. The van der Waals surface area contributed by atoms with Crippen LogP contribution in [0.4, 0.5) is 0 Å². The van der Waals surface area contributed by atoms with Crippen LogP contribution in [0.5, 0.6) is 0 Å². The van der Waals surface area contributed by atoms with Gasteiger partial charge in [0.1, 0.15) is 5.78 Å². The third kappa shape index (κ3) is 4.31. The number of benzene rings is 1. The van der Waals surface area contributed by atoms with Gasteiger partial charge in [0.05, 0.1) is 0 Å². The zero-order valence-corrected chi connectivity index (χ0v) is 11.3. The van der Waals surface area contributed by atoms with Gasteiger partial charge in [-0.2, -0.15) is 0 Å². The lowest BCUT2D eigenvalue weighted by molar-refractivity contribution is -0.125. The number of ketones is 1. The van der Waals surface area contributed by atoms with E-state index in [-0.39, 0.29) is 17.2 Å². The van der Waals surface area contributed by atoms with E-state index < -0.39 is 0 Å². The van der Waals surface area contributed by atoms with E-state index in [0.29, 0.717) is 0 Å². The lowest BCUT2D eigenvalue weighted by Gasteiger charge is -2.25. The molecule has 17 heavy (non-hydrogen) atoms. The predicted octanol–water partition coefficient (Wildman–Crippen LogP) is 2.87. The van der Waals surface area contributed by atoms with E-state index in [1.165, 1.54) is 11.1 Å². The van der Waals surface area contributed by atoms with Crippen molar-refractivity contribution < 1.29 is 4.79 Å². The van der Waals surface area contributed by atoms with Gasteiger partial charge in [-0.1, -0.05) is 43.7 Å². The van der Waals surface area contributed by atoms with Crippen LogP contribution in [0.15, 0.2) is 24.3 Å². The summed E-state index contributed by atoms with van der Waals surface area (Å²) in [4.78, 5) is 11.4. The second-order valence-corrected chi connectivity index (χ2v) is 5.59. The van der Waals surface area contributed by atoms with Crippen LogP contribution in [0.2, 0.25) is 0 Å². The van der Waals surface area contributed by atoms with Gasteiger partial charge in [-0.25, -0.2) is 0 Å². The highest BCUT2D eigenvalue weighted by atomic mass is 16.1. The van der Waals surface area contributed by atoms with E-state index in [2.05, 4.69) is 31.2 Å². The second kappa shape index (κ2) is 5.46. The lowest BCUT2D eigenvalue weighted by atomic mass is 9.81. The highest BCUT2D eigenvalue weighted by molar-refractivity contribution is 5.81. The predicted molar refractivity (Wildman–Crippen MR) is 71.9 cm³/mol. The Morgan fingerprint density at radius 3 is 2.29 bits per heavy atom. The molecule has 0 aliphatic rings. The Bertz CT molecular complexity index is 378. The fourth-order valence-corrected chi connectivity index (χ4v) is 1.90. The molecule has 2 heteroatoms. The minimum atomic E-state index is -0.315. The quantitative estimate of drug-likeness (QED) is 0.849. The Hall–Kier alpha value is -1.15. The van der Waals surface area contributed by atoms with Crippen LogP contribution in [0, 0.1) is 12.3 Å².